The van der Waals surface area contributed by atoms with Crippen molar-refractivity contribution < 1.29 is 4.79 Å². The second kappa shape index (κ2) is 7.05. The average Bonchev–Trinajstić information content (AvgIpc) is 3.30. The van der Waals surface area contributed by atoms with Crippen LogP contribution in [0.4, 0.5) is 0 Å². The molecule has 0 saturated heterocycles. The van der Waals surface area contributed by atoms with Gasteiger partial charge in [0.15, 0.2) is 0 Å². The summed E-state index contributed by atoms with van der Waals surface area (Å²) < 4.78 is 2.02. The lowest BCUT2D eigenvalue weighted by atomic mass is 10.3. The summed E-state index contributed by atoms with van der Waals surface area (Å²) >= 11 is 2.74. The van der Waals surface area contributed by atoms with Crippen LogP contribution in [0.2, 0.25) is 0 Å². The van der Waals surface area contributed by atoms with Gasteiger partial charge in [-0.15, -0.1) is 22.7 Å². The summed E-state index contributed by atoms with van der Waals surface area (Å²) in [6.07, 6.45) is 1.62. The molecule has 0 aromatic carbocycles. The SMILES string of the molecule is CN(Cc1nc2ccsc2c(=O)[nH]1)C(=O)CCn1cnc2sccc2c1=O. The number of thiophene rings is 2. The summed E-state index contributed by atoms with van der Waals surface area (Å²) in [4.78, 5) is 50.3. The predicted molar refractivity (Wildman–Crippen MR) is 105 cm³/mol. The maximum Gasteiger partial charge on any atom is 0.268 e. The number of carbonyl (C=O) groups is 1. The molecule has 0 aliphatic heterocycles. The minimum atomic E-state index is -0.201. The zero-order valence-electron chi connectivity index (χ0n) is 14.3. The number of rotatable bonds is 5. The minimum absolute atomic E-state index is 0.148. The van der Waals surface area contributed by atoms with Crippen molar-refractivity contribution in [2.75, 3.05) is 7.05 Å². The van der Waals surface area contributed by atoms with Gasteiger partial charge in [0, 0.05) is 20.0 Å². The Morgan fingerprint density at radius 3 is 2.93 bits per heavy atom. The Morgan fingerprint density at radius 2 is 2.07 bits per heavy atom. The minimum Gasteiger partial charge on any atom is -0.338 e. The molecule has 0 spiro atoms. The van der Waals surface area contributed by atoms with E-state index in [0.29, 0.717) is 26.3 Å². The van der Waals surface area contributed by atoms with E-state index >= 15 is 0 Å². The maximum absolute atomic E-state index is 12.4. The predicted octanol–water partition coefficient (Wildman–Crippen LogP) is 1.80. The fourth-order valence-electron chi connectivity index (χ4n) is 2.77. The fourth-order valence-corrected chi connectivity index (χ4v) is 4.22. The first-order valence-corrected chi connectivity index (χ1v) is 9.92. The molecule has 4 heterocycles. The lowest BCUT2D eigenvalue weighted by molar-refractivity contribution is -0.130. The molecule has 27 heavy (non-hydrogen) atoms. The molecule has 0 bridgehead atoms. The van der Waals surface area contributed by atoms with Crippen LogP contribution < -0.4 is 11.1 Å². The van der Waals surface area contributed by atoms with Crippen molar-refractivity contribution in [2.24, 2.45) is 0 Å². The van der Waals surface area contributed by atoms with Crippen LogP contribution in [-0.4, -0.2) is 37.4 Å². The number of nitrogens with one attached hydrogen (secondary N) is 1. The molecule has 10 heteroatoms. The van der Waals surface area contributed by atoms with Crippen LogP contribution in [0.5, 0.6) is 0 Å². The third kappa shape index (κ3) is 3.40. The molecule has 0 radical (unpaired) electrons. The number of aromatic amines is 1. The molecular weight excluding hydrogens is 386 g/mol. The Balaban J connectivity index is 1.44. The van der Waals surface area contributed by atoms with E-state index in [0.717, 1.165) is 0 Å². The number of hydrogen-bond donors (Lipinski definition) is 1. The van der Waals surface area contributed by atoms with Crippen molar-refractivity contribution in [3.8, 4) is 0 Å². The molecule has 0 unspecified atom stereocenters. The number of carbonyl (C=O) groups excluding carboxylic acids is 1. The molecule has 0 aliphatic carbocycles. The highest BCUT2D eigenvalue weighted by atomic mass is 32.1. The second-order valence-electron chi connectivity index (χ2n) is 6.03. The van der Waals surface area contributed by atoms with Gasteiger partial charge < -0.3 is 9.88 Å². The summed E-state index contributed by atoms with van der Waals surface area (Å²) in [5.41, 5.74) is 0.277. The highest BCUT2D eigenvalue weighted by molar-refractivity contribution is 7.17. The summed E-state index contributed by atoms with van der Waals surface area (Å²) in [6, 6.07) is 3.52. The van der Waals surface area contributed by atoms with Crippen molar-refractivity contribution >= 4 is 49.0 Å². The number of H-pyrrole nitrogens is 1. The summed E-state index contributed by atoms with van der Waals surface area (Å²) in [5.74, 6) is 0.278. The zero-order chi connectivity index (χ0) is 19.0. The normalized spacial score (nSPS) is 11.3. The van der Waals surface area contributed by atoms with Crippen LogP contribution >= 0.6 is 22.7 Å². The Hall–Kier alpha value is -2.85. The molecule has 4 rings (SSSR count). The van der Waals surface area contributed by atoms with Crippen LogP contribution in [0, 0.1) is 0 Å². The molecule has 0 fully saturated rings. The first kappa shape index (κ1) is 17.6. The van der Waals surface area contributed by atoms with E-state index in [2.05, 4.69) is 15.0 Å². The highest BCUT2D eigenvalue weighted by Crippen LogP contribution is 2.15. The van der Waals surface area contributed by atoms with Gasteiger partial charge >= 0.3 is 0 Å². The fraction of sp³-hybridized carbons (Fsp3) is 0.235. The molecule has 0 saturated carbocycles. The van der Waals surface area contributed by atoms with Crippen LogP contribution in [0.25, 0.3) is 20.4 Å². The molecular formula is C17H15N5O3S2. The Morgan fingerprint density at radius 1 is 1.26 bits per heavy atom. The van der Waals surface area contributed by atoms with E-state index in [1.807, 2.05) is 10.8 Å². The van der Waals surface area contributed by atoms with Crippen molar-refractivity contribution in [3.05, 3.63) is 55.8 Å². The van der Waals surface area contributed by atoms with Crippen molar-refractivity contribution in [3.63, 3.8) is 0 Å². The lowest BCUT2D eigenvalue weighted by Gasteiger charge is -2.16. The third-order valence-electron chi connectivity index (χ3n) is 4.19. The van der Waals surface area contributed by atoms with Gasteiger partial charge in [-0.3, -0.25) is 19.0 Å². The summed E-state index contributed by atoms with van der Waals surface area (Å²) in [5, 5.41) is 4.19. The summed E-state index contributed by atoms with van der Waals surface area (Å²) in [6.45, 7) is 0.435. The van der Waals surface area contributed by atoms with Gasteiger partial charge in [0.2, 0.25) is 5.91 Å². The third-order valence-corrected chi connectivity index (χ3v) is 5.92. The first-order valence-electron chi connectivity index (χ1n) is 8.16. The van der Waals surface area contributed by atoms with Crippen molar-refractivity contribution in [2.45, 2.75) is 19.5 Å². The molecule has 0 aliphatic rings. The highest BCUT2D eigenvalue weighted by Gasteiger charge is 2.13. The number of aryl methyl sites for hydroxylation is 1. The monoisotopic (exact) mass is 401 g/mol. The molecule has 8 nitrogen and oxygen atoms in total. The van der Waals surface area contributed by atoms with Gasteiger partial charge in [0.1, 0.15) is 15.4 Å². The molecule has 0 atom stereocenters. The van der Waals surface area contributed by atoms with Crippen LogP contribution in [-0.2, 0) is 17.9 Å². The molecule has 1 amide bonds. The number of nitrogens with zero attached hydrogens (tertiary/aromatic N) is 4. The van der Waals surface area contributed by atoms with Gasteiger partial charge in [-0.25, -0.2) is 9.97 Å². The van der Waals surface area contributed by atoms with E-state index in [4.69, 9.17) is 0 Å². The van der Waals surface area contributed by atoms with Gasteiger partial charge in [-0.2, -0.15) is 0 Å². The van der Waals surface area contributed by atoms with Crippen LogP contribution in [0.1, 0.15) is 12.2 Å². The second-order valence-corrected chi connectivity index (χ2v) is 7.84. The number of amides is 1. The Labute approximate surface area is 160 Å². The van der Waals surface area contributed by atoms with E-state index in [9.17, 15) is 14.4 Å². The number of fused-ring (bicyclic) bond motifs is 2. The first-order chi connectivity index (χ1) is 13.0. The largest absolute Gasteiger partial charge is 0.338 e. The Kier molecular flexibility index (Phi) is 4.58. The van der Waals surface area contributed by atoms with E-state index in [1.54, 1.807) is 19.2 Å². The van der Waals surface area contributed by atoms with Gasteiger partial charge in [0.25, 0.3) is 11.1 Å². The standard InChI is InChI=1S/C17H15N5O3S2/c1-21(8-12-19-11-4-7-26-14(11)15(24)20-12)13(23)2-5-22-9-18-16-10(17(22)25)3-6-27-16/h3-4,6-7,9H,2,5,8H2,1H3,(H,19,20,24). The maximum atomic E-state index is 12.4. The van der Waals surface area contributed by atoms with Gasteiger partial charge in [-0.1, -0.05) is 0 Å². The summed E-state index contributed by atoms with van der Waals surface area (Å²) in [7, 11) is 1.64. The molecule has 1 N–H and O–H groups in total. The van der Waals surface area contributed by atoms with Gasteiger partial charge in [0.05, 0.1) is 23.8 Å². The molecule has 138 valence electrons. The topological polar surface area (TPSA) is 101 Å². The molecule has 4 aromatic heterocycles. The van der Waals surface area contributed by atoms with E-state index in [-0.39, 0.29) is 36.5 Å². The van der Waals surface area contributed by atoms with Crippen LogP contribution in [0.3, 0.4) is 0 Å². The number of aromatic nitrogens is 4. The number of hydrogen-bond acceptors (Lipinski definition) is 7. The Bertz CT molecular complexity index is 1250. The zero-order valence-corrected chi connectivity index (χ0v) is 16.0. The van der Waals surface area contributed by atoms with Crippen molar-refractivity contribution in [1.29, 1.82) is 0 Å². The smallest absolute Gasteiger partial charge is 0.268 e. The average molecular weight is 401 g/mol. The van der Waals surface area contributed by atoms with E-state index in [1.165, 1.54) is 38.5 Å². The van der Waals surface area contributed by atoms with Crippen LogP contribution in [0.15, 0.2) is 38.8 Å². The lowest BCUT2D eigenvalue weighted by Crippen LogP contribution is -2.30. The quantitative estimate of drug-likeness (QED) is 0.550. The van der Waals surface area contributed by atoms with Crippen molar-refractivity contribution in [1.82, 2.24) is 24.4 Å². The van der Waals surface area contributed by atoms with Gasteiger partial charge in [-0.05, 0) is 22.9 Å². The molecule has 4 aromatic rings. The van der Waals surface area contributed by atoms with E-state index < -0.39 is 0 Å².